The van der Waals surface area contributed by atoms with Gasteiger partial charge in [-0.1, -0.05) is 61.2 Å². The van der Waals surface area contributed by atoms with E-state index in [1.54, 1.807) is 21.7 Å². The lowest BCUT2D eigenvalue weighted by Crippen LogP contribution is -2.34. The largest absolute Gasteiger partial charge is 0.484 e. The Balaban J connectivity index is 1.59. The second kappa shape index (κ2) is 13.3. The molecule has 0 aliphatic carbocycles. The van der Waals surface area contributed by atoms with Crippen LogP contribution >= 0.6 is 11.8 Å². The van der Waals surface area contributed by atoms with E-state index in [0.29, 0.717) is 47.8 Å². The Bertz CT molecular complexity index is 1300. The Kier molecular flexibility index (Phi) is 9.64. The van der Waals surface area contributed by atoms with E-state index in [2.05, 4.69) is 17.4 Å². The number of carbonyl (C=O) groups is 2. The van der Waals surface area contributed by atoms with Crippen molar-refractivity contribution in [3.63, 3.8) is 0 Å². The number of anilines is 1. The molecule has 39 heavy (non-hydrogen) atoms. The highest BCUT2D eigenvalue weighted by molar-refractivity contribution is 7.98. The van der Waals surface area contributed by atoms with Crippen molar-refractivity contribution in [3.05, 3.63) is 77.0 Å². The van der Waals surface area contributed by atoms with E-state index in [-0.39, 0.29) is 12.5 Å². The molecule has 0 fully saturated rings. The Morgan fingerprint density at radius 1 is 1.05 bits per heavy atom. The highest BCUT2D eigenvalue weighted by atomic mass is 32.2. The molecule has 1 N–H and O–H groups in total. The molecule has 1 aliphatic rings. The molecule has 1 aliphatic heterocycles. The second-order valence-electron chi connectivity index (χ2n) is 9.06. The van der Waals surface area contributed by atoms with Crippen molar-refractivity contribution in [1.82, 2.24) is 19.7 Å². The number of rotatable bonds is 12. The zero-order valence-corrected chi connectivity index (χ0v) is 23.7. The van der Waals surface area contributed by atoms with E-state index in [1.165, 1.54) is 17.3 Å². The minimum Gasteiger partial charge on any atom is -0.484 e. The minimum absolute atomic E-state index is 0.0306. The van der Waals surface area contributed by atoms with Crippen molar-refractivity contribution in [2.24, 2.45) is 0 Å². The first kappa shape index (κ1) is 28.2. The van der Waals surface area contributed by atoms with Crippen LogP contribution < -0.4 is 10.1 Å². The molecule has 1 atom stereocenters. The Hall–Kier alpha value is -3.79. The van der Waals surface area contributed by atoms with Crippen molar-refractivity contribution in [2.75, 3.05) is 31.6 Å². The highest BCUT2D eigenvalue weighted by Crippen LogP contribution is 2.37. The molecule has 2 aromatic carbocycles. The van der Waals surface area contributed by atoms with E-state index in [0.717, 1.165) is 17.7 Å². The standard InChI is InChI=1S/C29H35N5O4S/c1-5-17-37-27(36)25-20(4)30-28-31-29(39-19-21-11-9-8-10-12-21)32-34(28)26(25)22-13-15-23(16-14-22)38-18-24(35)33(6-2)7-3/h8-16,26H,5-7,17-19H2,1-4H3,(H,30,31,32). The number of thioether (sulfide) groups is 1. The van der Waals surface area contributed by atoms with Gasteiger partial charge in [-0.05, 0) is 50.5 Å². The third-order valence-electron chi connectivity index (χ3n) is 6.38. The van der Waals surface area contributed by atoms with Crippen LogP contribution in [-0.4, -0.2) is 57.8 Å². The predicted molar refractivity (Wildman–Crippen MR) is 152 cm³/mol. The van der Waals surface area contributed by atoms with Crippen LogP contribution in [0.25, 0.3) is 0 Å². The van der Waals surface area contributed by atoms with Gasteiger partial charge in [0.05, 0.1) is 12.2 Å². The molecule has 0 saturated heterocycles. The Morgan fingerprint density at radius 2 is 1.77 bits per heavy atom. The van der Waals surface area contributed by atoms with Gasteiger partial charge < -0.3 is 19.7 Å². The van der Waals surface area contributed by atoms with E-state index in [1.807, 2.05) is 58.0 Å². The number of esters is 1. The fourth-order valence-electron chi connectivity index (χ4n) is 4.32. The number of carbonyl (C=O) groups excluding carboxylic acids is 2. The number of aromatic nitrogens is 3. The van der Waals surface area contributed by atoms with Crippen LogP contribution in [0.5, 0.6) is 5.75 Å². The molecule has 4 rings (SSSR count). The van der Waals surface area contributed by atoms with Crippen molar-refractivity contribution >= 4 is 29.6 Å². The third kappa shape index (κ3) is 6.81. The summed E-state index contributed by atoms with van der Waals surface area (Å²) in [6.07, 6.45) is 0.725. The van der Waals surface area contributed by atoms with Gasteiger partial charge in [-0.3, -0.25) is 4.79 Å². The quantitative estimate of drug-likeness (QED) is 0.247. The maximum atomic E-state index is 13.2. The van der Waals surface area contributed by atoms with Crippen LogP contribution in [0, 0.1) is 0 Å². The molecule has 0 saturated carbocycles. The average molecular weight is 550 g/mol. The molecule has 1 unspecified atom stereocenters. The number of amides is 1. The molecule has 1 amide bonds. The molecule has 0 spiro atoms. The summed E-state index contributed by atoms with van der Waals surface area (Å²) in [6, 6.07) is 17.0. The summed E-state index contributed by atoms with van der Waals surface area (Å²) < 4.78 is 13.0. The first-order valence-electron chi connectivity index (χ1n) is 13.2. The first-order chi connectivity index (χ1) is 18.9. The van der Waals surface area contributed by atoms with E-state index >= 15 is 0 Å². The van der Waals surface area contributed by atoms with Gasteiger partial charge in [-0.15, -0.1) is 5.10 Å². The van der Waals surface area contributed by atoms with Crippen molar-refractivity contribution < 1.29 is 19.1 Å². The number of fused-ring (bicyclic) bond motifs is 1. The van der Waals surface area contributed by atoms with Crippen LogP contribution in [0.4, 0.5) is 5.95 Å². The van der Waals surface area contributed by atoms with E-state index in [9.17, 15) is 9.59 Å². The van der Waals surface area contributed by atoms with Gasteiger partial charge in [-0.25, -0.2) is 9.48 Å². The van der Waals surface area contributed by atoms with Crippen LogP contribution in [-0.2, 0) is 20.1 Å². The molecule has 206 valence electrons. The smallest absolute Gasteiger partial charge is 0.338 e. The molecule has 2 heterocycles. The summed E-state index contributed by atoms with van der Waals surface area (Å²) >= 11 is 1.53. The van der Waals surface area contributed by atoms with Gasteiger partial charge in [0.15, 0.2) is 6.61 Å². The van der Waals surface area contributed by atoms with E-state index < -0.39 is 12.0 Å². The topological polar surface area (TPSA) is 98.6 Å². The van der Waals surface area contributed by atoms with Gasteiger partial charge in [-0.2, -0.15) is 4.98 Å². The monoisotopic (exact) mass is 549 g/mol. The summed E-state index contributed by atoms with van der Waals surface area (Å²) in [6.45, 7) is 9.27. The molecule has 3 aromatic rings. The van der Waals surface area contributed by atoms with Crippen LogP contribution in [0.1, 0.15) is 51.3 Å². The zero-order chi connectivity index (χ0) is 27.8. The number of hydrogen-bond acceptors (Lipinski definition) is 8. The average Bonchev–Trinajstić information content (AvgIpc) is 3.36. The molecule has 0 bridgehead atoms. The normalized spacial score (nSPS) is 14.4. The van der Waals surface area contributed by atoms with Gasteiger partial charge in [0.25, 0.3) is 5.91 Å². The highest BCUT2D eigenvalue weighted by Gasteiger charge is 2.35. The molecular formula is C29H35N5O4S. The van der Waals surface area contributed by atoms with Crippen LogP contribution in [0.3, 0.4) is 0 Å². The van der Waals surface area contributed by atoms with Crippen molar-refractivity contribution in [2.45, 2.75) is 51.1 Å². The van der Waals surface area contributed by atoms with Crippen LogP contribution in [0.15, 0.2) is 71.0 Å². The summed E-state index contributed by atoms with van der Waals surface area (Å²) in [5.41, 5.74) is 3.15. The SMILES string of the molecule is CCCOC(=O)C1=C(C)Nc2nc(SCc3ccccc3)nn2C1c1ccc(OCC(=O)N(CC)CC)cc1. The summed E-state index contributed by atoms with van der Waals surface area (Å²) in [5.74, 6) is 1.41. The Morgan fingerprint density at radius 3 is 2.44 bits per heavy atom. The third-order valence-corrected chi connectivity index (χ3v) is 7.28. The fraction of sp³-hybridized carbons (Fsp3) is 0.379. The number of nitrogens with one attached hydrogen (secondary N) is 1. The number of nitrogens with zero attached hydrogens (tertiary/aromatic N) is 4. The fourth-order valence-corrected chi connectivity index (χ4v) is 5.10. The lowest BCUT2D eigenvalue weighted by Gasteiger charge is -2.28. The van der Waals surface area contributed by atoms with Crippen LogP contribution in [0.2, 0.25) is 0 Å². The molecule has 1 aromatic heterocycles. The summed E-state index contributed by atoms with van der Waals surface area (Å²) in [7, 11) is 0. The van der Waals surface area contributed by atoms with Crippen molar-refractivity contribution in [1.29, 1.82) is 0 Å². The van der Waals surface area contributed by atoms with E-state index in [4.69, 9.17) is 19.6 Å². The number of hydrogen-bond donors (Lipinski definition) is 1. The zero-order valence-electron chi connectivity index (χ0n) is 22.8. The second-order valence-corrected chi connectivity index (χ2v) is 10.0. The molecule has 9 nitrogen and oxygen atoms in total. The minimum atomic E-state index is -0.532. The van der Waals surface area contributed by atoms with Gasteiger partial charge in [0.1, 0.15) is 11.8 Å². The summed E-state index contributed by atoms with van der Waals surface area (Å²) in [4.78, 5) is 31.9. The Labute approximate surface area is 233 Å². The maximum absolute atomic E-state index is 13.2. The number of benzene rings is 2. The molecular weight excluding hydrogens is 514 g/mol. The van der Waals surface area contributed by atoms with Crippen molar-refractivity contribution in [3.8, 4) is 5.75 Å². The van der Waals surface area contributed by atoms with Gasteiger partial charge in [0, 0.05) is 24.5 Å². The molecule has 10 heteroatoms. The first-order valence-corrected chi connectivity index (χ1v) is 14.2. The number of allylic oxidation sites excluding steroid dienone is 1. The maximum Gasteiger partial charge on any atom is 0.338 e. The van der Waals surface area contributed by atoms with Gasteiger partial charge >= 0.3 is 5.97 Å². The lowest BCUT2D eigenvalue weighted by molar-refractivity contribution is -0.139. The number of likely N-dealkylation sites (N-methyl/N-ethyl adjacent to an activating group) is 1. The number of ether oxygens (including phenoxy) is 2. The lowest BCUT2D eigenvalue weighted by atomic mass is 9.96. The van der Waals surface area contributed by atoms with Gasteiger partial charge in [0.2, 0.25) is 11.1 Å². The summed E-state index contributed by atoms with van der Waals surface area (Å²) in [5, 5.41) is 8.62. The molecule has 0 radical (unpaired) electrons. The predicted octanol–water partition coefficient (Wildman–Crippen LogP) is 5.06.